The SMILES string of the molecule is CC(C)N(CCC(C)(C)C)C(C)I. The van der Waals surface area contributed by atoms with Crippen LogP contribution in [0.15, 0.2) is 0 Å². The first-order chi connectivity index (χ1) is 5.74. The van der Waals surface area contributed by atoms with E-state index >= 15 is 0 Å². The molecular weight excluding hydrogens is 273 g/mol. The summed E-state index contributed by atoms with van der Waals surface area (Å²) in [5, 5.41) is 0. The summed E-state index contributed by atoms with van der Waals surface area (Å²) >= 11 is 2.50. The van der Waals surface area contributed by atoms with Crippen molar-refractivity contribution >= 4 is 22.6 Å². The van der Waals surface area contributed by atoms with E-state index in [1.807, 2.05) is 0 Å². The number of alkyl halides is 1. The van der Waals surface area contributed by atoms with E-state index in [1.165, 1.54) is 13.0 Å². The van der Waals surface area contributed by atoms with Crippen LogP contribution in [-0.4, -0.2) is 21.5 Å². The van der Waals surface area contributed by atoms with Crippen LogP contribution in [0.5, 0.6) is 0 Å². The second kappa shape index (κ2) is 5.54. The van der Waals surface area contributed by atoms with Gasteiger partial charge < -0.3 is 0 Å². The van der Waals surface area contributed by atoms with E-state index in [9.17, 15) is 0 Å². The van der Waals surface area contributed by atoms with Crippen LogP contribution in [0.25, 0.3) is 0 Å². The van der Waals surface area contributed by atoms with Gasteiger partial charge in [-0.05, 0) is 39.2 Å². The minimum Gasteiger partial charge on any atom is -0.289 e. The lowest BCUT2D eigenvalue weighted by atomic mass is 9.92. The molecular formula is C11H24IN. The molecule has 2 heteroatoms. The lowest BCUT2D eigenvalue weighted by Crippen LogP contribution is -2.37. The van der Waals surface area contributed by atoms with Gasteiger partial charge in [0.25, 0.3) is 0 Å². The maximum Gasteiger partial charge on any atom is 0.0592 e. The zero-order valence-corrected chi connectivity index (χ0v) is 12.1. The molecule has 13 heavy (non-hydrogen) atoms. The molecule has 0 aliphatic rings. The molecule has 0 aromatic carbocycles. The summed E-state index contributed by atoms with van der Waals surface area (Å²) in [5.74, 6) is 0. The summed E-state index contributed by atoms with van der Waals surface area (Å²) in [4.78, 5) is 2.55. The molecule has 0 saturated heterocycles. The van der Waals surface area contributed by atoms with E-state index in [0.29, 0.717) is 15.5 Å². The van der Waals surface area contributed by atoms with Gasteiger partial charge in [0, 0.05) is 6.04 Å². The molecule has 1 unspecified atom stereocenters. The third-order valence-corrected chi connectivity index (χ3v) is 2.96. The molecule has 0 spiro atoms. The first-order valence-corrected chi connectivity index (χ1v) is 6.38. The predicted octanol–water partition coefficient (Wildman–Crippen LogP) is 3.91. The summed E-state index contributed by atoms with van der Waals surface area (Å²) in [5.41, 5.74) is 0.457. The van der Waals surface area contributed by atoms with Crippen LogP contribution < -0.4 is 0 Å². The molecule has 0 saturated carbocycles. The third-order valence-electron chi connectivity index (χ3n) is 2.24. The Balaban J connectivity index is 3.98. The van der Waals surface area contributed by atoms with Crippen molar-refractivity contribution in [3.05, 3.63) is 0 Å². The van der Waals surface area contributed by atoms with E-state index in [2.05, 4.69) is 69.0 Å². The molecule has 0 rings (SSSR count). The number of rotatable bonds is 4. The highest BCUT2D eigenvalue weighted by Gasteiger charge is 2.17. The molecule has 0 bridgehead atoms. The van der Waals surface area contributed by atoms with E-state index in [4.69, 9.17) is 0 Å². The largest absolute Gasteiger partial charge is 0.289 e. The molecule has 0 aromatic heterocycles. The van der Waals surface area contributed by atoms with E-state index in [1.54, 1.807) is 0 Å². The van der Waals surface area contributed by atoms with Crippen molar-refractivity contribution in [2.24, 2.45) is 5.41 Å². The van der Waals surface area contributed by atoms with E-state index < -0.39 is 0 Å². The second-order valence-electron chi connectivity index (χ2n) is 5.22. The molecule has 0 aliphatic carbocycles. The van der Waals surface area contributed by atoms with Gasteiger partial charge in [-0.15, -0.1) is 0 Å². The Hall–Kier alpha value is 0.690. The maximum absolute atomic E-state index is 2.55. The van der Waals surface area contributed by atoms with Gasteiger partial charge >= 0.3 is 0 Å². The number of hydrogen-bond donors (Lipinski definition) is 0. The highest BCUT2D eigenvalue weighted by Crippen LogP contribution is 2.21. The summed E-state index contributed by atoms with van der Waals surface area (Å²) in [6, 6.07) is 0.661. The second-order valence-corrected chi connectivity index (χ2v) is 7.02. The first kappa shape index (κ1) is 13.7. The molecule has 0 aromatic rings. The maximum atomic E-state index is 2.55. The molecule has 0 N–H and O–H groups in total. The number of halogens is 1. The topological polar surface area (TPSA) is 3.24 Å². The van der Waals surface area contributed by atoms with Crippen molar-refractivity contribution in [2.75, 3.05) is 6.54 Å². The number of hydrogen-bond acceptors (Lipinski definition) is 1. The average Bonchev–Trinajstić information content (AvgIpc) is 1.82. The molecule has 0 aliphatic heterocycles. The Morgan fingerprint density at radius 1 is 1.15 bits per heavy atom. The molecule has 0 amide bonds. The van der Waals surface area contributed by atoms with Crippen molar-refractivity contribution in [1.82, 2.24) is 4.90 Å². The minimum absolute atomic E-state index is 0.457. The zero-order valence-electron chi connectivity index (χ0n) is 9.89. The van der Waals surface area contributed by atoms with Crippen LogP contribution in [-0.2, 0) is 0 Å². The predicted molar refractivity (Wildman–Crippen MR) is 69.4 cm³/mol. The van der Waals surface area contributed by atoms with Gasteiger partial charge in [0.1, 0.15) is 0 Å². The van der Waals surface area contributed by atoms with Crippen LogP contribution >= 0.6 is 22.6 Å². The molecule has 0 radical (unpaired) electrons. The monoisotopic (exact) mass is 297 g/mol. The van der Waals surface area contributed by atoms with Crippen molar-refractivity contribution in [3.63, 3.8) is 0 Å². The first-order valence-electron chi connectivity index (χ1n) is 5.14. The Kier molecular flexibility index (Phi) is 5.84. The fourth-order valence-corrected chi connectivity index (χ4v) is 2.23. The van der Waals surface area contributed by atoms with E-state index in [-0.39, 0.29) is 0 Å². The molecule has 0 fully saturated rings. The highest BCUT2D eigenvalue weighted by atomic mass is 127. The third kappa shape index (κ3) is 6.72. The standard InChI is InChI=1S/C11H24IN/c1-9(2)13(10(3)12)8-7-11(4,5)6/h9-10H,7-8H2,1-6H3. The Bertz CT molecular complexity index is 128. The summed E-state index contributed by atoms with van der Waals surface area (Å²) in [6.45, 7) is 15.0. The normalized spacial score (nSPS) is 15.5. The lowest BCUT2D eigenvalue weighted by molar-refractivity contribution is 0.190. The molecule has 1 atom stereocenters. The molecule has 0 heterocycles. The van der Waals surface area contributed by atoms with Gasteiger partial charge in [-0.25, -0.2) is 0 Å². The number of nitrogens with zero attached hydrogens (tertiary/aromatic N) is 1. The smallest absolute Gasteiger partial charge is 0.0592 e. The summed E-state index contributed by atoms with van der Waals surface area (Å²) in [6.07, 6.45) is 1.28. The van der Waals surface area contributed by atoms with Crippen LogP contribution in [0.1, 0.15) is 48.0 Å². The van der Waals surface area contributed by atoms with Crippen LogP contribution in [0.2, 0.25) is 0 Å². The van der Waals surface area contributed by atoms with Crippen LogP contribution in [0.3, 0.4) is 0 Å². The van der Waals surface area contributed by atoms with Crippen molar-refractivity contribution in [3.8, 4) is 0 Å². The highest BCUT2D eigenvalue weighted by molar-refractivity contribution is 14.1. The van der Waals surface area contributed by atoms with Crippen molar-refractivity contribution < 1.29 is 0 Å². The Morgan fingerprint density at radius 3 is 1.85 bits per heavy atom. The van der Waals surface area contributed by atoms with Crippen LogP contribution in [0.4, 0.5) is 0 Å². The Labute approximate surface area is 97.4 Å². The lowest BCUT2D eigenvalue weighted by Gasteiger charge is -2.32. The van der Waals surface area contributed by atoms with Gasteiger partial charge in [-0.3, -0.25) is 4.90 Å². The molecule has 80 valence electrons. The van der Waals surface area contributed by atoms with Gasteiger partial charge in [-0.2, -0.15) is 0 Å². The summed E-state index contributed by atoms with van der Waals surface area (Å²) in [7, 11) is 0. The van der Waals surface area contributed by atoms with Gasteiger partial charge in [-0.1, -0.05) is 43.4 Å². The zero-order chi connectivity index (χ0) is 10.6. The fourth-order valence-electron chi connectivity index (χ4n) is 1.31. The average molecular weight is 297 g/mol. The van der Waals surface area contributed by atoms with Gasteiger partial charge in [0.2, 0.25) is 0 Å². The van der Waals surface area contributed by atoms with Gasteiger partial charge in [0.15, 0.2) is 0 Å². The van der Waals surface area contributed by atoms with E-state index in [0.717, 1.165) is 0 Å². The Morgan fingerprint density at radius 2 is 1.62 bits per heavy atom. The minimum atomic E-state index is 0.457. The molecule has 1 nitrogen and oxygen atoms in total. The van der Waals surface area contributed by atoms with Crippen molar-refractivity contribution in [1.29, 1.82) is 0 Å². The fraction of sp³-hybridized carbons (Fsp3) is 1.00. The quantitative estimate of drug-likeness (QED) is 0.432. The summed E-state index contributed by atoms with van der Waals surface area (Å²) < 4.78 is 0.639. The van der Waals surface area contributed by atoms with Crippen molar-refractivity contribution in [2.45, 2.75) is 58.1 Å². The van der Waals surface area contributed by atoms with Crippen LogP contribution in [0, 0.1) is 5.41 Å². The van der Waals surface area contributed by atoms with Gasteiger partial charge in [0.05, 0.1) is 4.05 Å².